The lowest BCUT2D eigenvalue weighted by Gasteiger charge is -2.20. The van der Waals surface area contributed by atoms with Crippen molar-refractivity contribution in [1.29, 1.82) is 0 Å². The molecule has 0 aliphatic carbocycles. The molecule has 1 saturated heterocycles. The van der Waals surface area contributed by atoms with E-state index >= 15 is 0 Å². The first-order valence-electron chi connectivity index (χ1n) is 5.78. The Labute approximate surface area is 107 Å². The van der Waals surface area contributed by atoms with Crippen LogP contribution in [0.25, 0.3) is 0 Å². The number of halogens is 1. The third-order valence-corrected chi connectivity index (χ3v) is 3.74. The van der Waals surface area contributed by atoms with Crippen LogP contribution < -0.4 is 5.32 Å². The van der Waals surface area contributed by atoms with E-state index in [2.05, 4.69) is 5.32 Å². The molecule has 1 aliphatic heterocycles. The van der Waals surface area contributed by atoms with E-state index in [1.54, 1.807) is 4.90 Å². The third kappa shape index (κ3) is 2.05. The molecule has 1 aromatic rings. The lowest BCUT2D eigenvalue weighted by molar-refractivity contribution is -0.131. The van der Waals surface area contributed by atoms with Gasteiger partial charge in [-0.2, -0.15) is 0 Å². The van der Waals surface area contributed by atoms with Crippen LogP contribution in [0.15, 0.2) is 24.3 Å². The van der Waals surface area contributed by atoms with Gasteiger partial charge in [0, 0.05) is 12.1 Å². The molecule has 0 radical (unpaired) electrons. The van der Waals surface area contributed by atoms with Gasteiger partial charge in [-0.15, -0.1) is 0 Å². The Morgan fingerprint density at radius 3 is 2.76 bits per heavy atom. The zero-order chi connectivity index (χ0) is 12.6. The molecule has 3 nitrogen and oxygen atoms in total. The Kier molecular flexibility index (Phi) is 3.15. The first kappa shape index (κ1) is 12.4. The normalized spacial score (nSPS) is 28.8. The molecule has 1 fully saturated rings. The van der Waals surface area contributed by atoms with Gasteiger partial charge in [-0.25, -0.2) is 0 Å². The molecule has 92 valence electrons. The predicted molar refractivity (Wildman–Crippen MR) is 68.8 cm³/mol. The number of rotatable bonds is 2. The maximum absolute atomic E-state index is 12.2. The molecule has 2 atom stereocenters. The molecule has 2 rings (SSSR count). The van der Waals surface area contributed by atoms with Crippen LogP contribution in [0.2, 0.25) is 5.02 Å². The molecule has 17 heavy (non-hydrogen) atoms. The van der Waals surface area contributed by atoms with Gasteiger partial charge < -0.3 is 4.90 Å². The highest BCUT2D eigenvalue weighted by atomic mass is 35.5. The van der Waals surface area contributed by atoms with E-state index in [-0.39, 0.29) is 12.1 Å². The van der Waals surface area contributed by atoms with Gasteiger partial charge in [-0.3, -0.25) is 10.1 Å². The van der Waals surface area contributed by atoms with Crippen molar-refractivity contribution in [3.63, 3.8) is 0 Å². The maximum atomic E-state index is 12.2. The number of carbonyl (C=O) groups is 1. The average Bonchev–Trinajstić information content (AvgIpc) is 2.55. The fraction of sp³-hybridized carbons (Fsp3) is 0.462. The topological polar surface area (TPSA) is 32.3 Å². The summed E-state index contributed by atoms with van der Waals surface area (Å²) in [6.45, 7) is 3.95. The summed E-state index contributed by atoms with van der Waals surface area (Å²) in [5.74, 6) is 0.130. The lowest BCUT2D eigenvalue weighted by Crippen LogP contribution is -2.42. The number of benzene rings is 1. The van der Waals surface area contributed by atoms with Crippen LogP contribution >= 0.6 is 11.6 Å². The minimum atomic E-state index is -0.471. The fourth-order valence-corrected chi connectivity index (χ4v) is 2.40. The second-order valence-corrected chi connectivity index (χ2v) is 5.14. The zero-order valence-corrected chi connectivity index (χ0v) is 11.1. The highest BCUT2D eigenvalue weighted by Crippen LogP contribution is 2.31. The van der Waals surface area contributed by atoms with Gasteiger partial charge in [0.05, 0.1) is 5.54 Å². The van der Waals surface area contributed by atoms with E-state index in [4.69, 9.17) is 11.6 Å². The first-order chi connectivity index (χ1) is 7.98. The minimum Gasteiger partial charge on any atom is -0.324 e. The number of amides is 1. The van der Waals surface area contributed by atoms with Gasteiger partial charge >= 0.3 is 0 Å². The second-order valence-electron chi connectivity index (χ2n) is 4.70. The smallest absolute Gasteiger partial charge is 0.243 e. The first-order valence-corrected chi connectivity index (χ1v) is 6.16. The molecule has 1 heterocycles. The van der Waals surface area contributed by atoms with Crippen LogP contribution in [-0.2, 0) is 4.79 Å². The summed E-state index contributed by atoms with van der Waals surface area (Å²) >= 11 is 5.98. The molecule has 4 heteroatoms. The van der Waals surface area contributed by atoms with Crippen molar-refractivity contribution in [3.8, 4) is 0 Å². The van der Waals surface area contributed by atoms with Gasteiger partial charge in [-0.1, -0.05) is 30.7 Å². The van der Waals surface area contributed by atoms with Crippen molar-refractivity contribution in [2.24, 2.45) is 0 Å². The molecule has 0 spiro atoms. The molecule has 2 unspecified atom stereocenters. The predicted octanol–water partition coefficient (Wildman–Crippen LogP) is 2.57. The average molecular weight is 253 g/mol. The molecular formula is C13H17ClN2O. The summed E-state index contributed by atoms with van der Waals surface area (Å²) in [6.07, 6.45) is 0.680. The van der Waals surface area contributed by atoms with Gasteiger partial charge in [0.2, 0.25) is 5.91 Å². The summed E-state index contributed by atoms with van der Waals surface area (Å²) in [4.78, 5) is 13.9. The third-order valence-electron chi connectivity index (χ3n) is 3.51. The SMILES string of the molecule is CCC1(C)NC(c2cccc(Cl)c2)N(C)C1=O. The highest BCUT2D eigenvalue weighted by molar-refractivity contribution is 6.30. The van der Waals surface area contributed by atoms with Crippen LogP contribution in [0.4, 0.5) is 0 Å². The molecule has 0 saturated carbocycles. The van der Waals surface area contributed by atoms with Gasteiger partial charge in [0.15, 0.2) is 0 Å². The summed E-state index contributed by atoms with van der Waals surface area (Å²) in [7, 11) is 1.82. The molecule has 1 N–H and O–H groups in total. The summed E-state index contributed by atoms with van der Waals surface area (Å²) in [6, 6.07) is 7.61. The molecular weight excluding hydrogens is 236 g/mol. The Hall–Kier alpha value is -1.06. The monoisotopic (exact) mass is 252 g/mol. The molecule has 1 aromatic carbocycles. The highest BCUT2D eigenvalue weighted by Gasteiger charge is 2.45. The van der Waals surface area contributed by atoms with E-state index in [1.165, 1.54) is 0 Å². The number of hydrogen-bond donors (Lipinski definition) is 1. The fourth-order valence-electron chi connectivity index (χ4n) is 2.20. The van der Waals surface area contributed by atoms with Crippen molar-refractivity contribution in [3.05, 3.63) is 34.9 Å². The largest absolute Gasteiger partial charge is 0.324 e. The minimum absolute atomic E-state index is 0.0915. The Bertz CT molecular complexity index is 449. The number of nitrogens with zero attached hydrogens (tertiary/aromatic N) is 1. The van der Waals surface area contributed by atoms with Gasteiger partial charge in [0.25, 0.3) is 0 Å². The van der Waals surface area contributed by atoms with Crippen molar-refractivity contribution >= 4 is 17.5 Å². The van der Waals surface area contributed by atoms with Crippen LogP contribution in [0.3, 0.4) is 0 Å². The number of carbonyl (C=O) groups excluding carboxylic acids is 1. The molecule has 0 bridgehead atoms. The van der Waals surface area contributed by atoms with Crippen molar-refractivity contribution < 1.29 is 4.79 Å². The quantitative estimate of drug-likeness (QED) is 0.878. The Morgan fingerprint density at radius 2 is 2.24 bits per heavy atom. The van der Waals surface area contributed by atoms with E-state index in [1.807, 2.05) is 45.2 Å². The van der Waals surface area contributed by atoms with Crippen LogP contribution in [0.1, 0.15) is 32.0 Å². The Morgan fingerprint density at radius 1 is 1.53 bits per heavy atom. The van der Waals surface area contributed by atoms with Gasteiger partial charge in [0.1, 0.15) is 6.17 Å². The van der Waals surface area contributed by atoms with E-state index < -0.39 is 5.54 Å². The second kappa shape index (κ2) is 4.31. The Balaban J connectivity index is 2.33. The molecule has 1 amide bonds. The van der Waals surface area contributed by atoms with Crippen LogP contribution in [0.5, 0.6) is 0 Å². The summed E-state index contributed by atoms with van der Waals surface area (Å²) in [5.41, 5.74) is 0.549. The lowest BCUT2D eigenvalue weighted by atomic mass is 9.99. The van der Waals surface area contributed by atoms with E-state index in [0.29, 0.717) is 5.02 Å². The van der Waals surface area contributed by atoms with E-state index in [9.17, 15) is 4.79 Å². The standard InChI is InChI=1S/C13H17ClN2O/c1-4-13(2)12(17)16(3)11(15-13)9-6-5-7-10(14)8-9/h5-8,11,15H,4H2,1-3H3. The van der Waals surface area contributed by atoms with Crippen LogP contribution in [-0.4, -0.2) is 23.4 Å². The number of nitrogens with one attached hydrogen (secondary N) is 1. The number of likely N-dealkylation sites (N-methyl/N-ethyl adjacent to an activating group) is 1. The molecule has 1 aliphatic rings. The maximum Gasteiger partial charge on any atom is 0.243 e. The van der Waals surface area contributed by atoms with Crippen LogP contribution in [0, 0.1) is 0 Å². The van der Waals surface area contributed by atoms with Crippen molar-refractivity contribution in [2.45, 2.75) is 32.0 Å². The summed E-state index contributed by atoms with van der Waals surface area (Å²) in [5, 5.41) is 4.07. The van der Waals surface area contributed by atoms with E-state index in [0.717, 1.165) is 12.0 Å². The summed E-state index contributed by atoms with van der Waals surface area (Å²) < 4.78 is 0. The zero-order valence-electron chi connectivity index (χ0n) is 10.3. The van der Waals surface area contributed by atoms with Crippen molar-refractivity contribution in [2.75, 3.05) is 7.05 Å². The van der Waals surface area contributed by atoms with Crippen molar-refractivity contribution in [1.82, 2.24) is 10.2 Å². The van der Waals surface area contributed by atoms with Gasteiger partial charge in [-0.05, 0) is 31.0 Å². The molecule has 0 aromatic heterocycles. The number of hydrogen-bond acceptors (Lipinski definition) is 2.